The smallest absolute Gasteiger partial charge is 0.406 e. The van der Waals surface area contributed by atoms with E-state index < -0.39 is 6.36 Å². The van der Waals surface area contributed by atoms with Gasteiger partial charge in [-0.3, -0.25) is 0 Å². The fourth-order valence-corrected chi connectivity index (χ4v) is 2.02. The van der Waals surface area contributed by atoms with Gasteiger partial charge in [0.2, 0.25) is 0 Å². The average molecular weight is 318 g/mol. The van der Waals surface area contributed by atoms with Crippen LogP contribution in [-0.4, -0.2) is 6.36 Å². The number of nitrogens with two attached hydrogens (primary N) is 1. The van der Waals surface area contributed by atoms with Gasteiger partial charge in [0.25, 0.3) is 0 Å². The molecule has 0 amide bonds. The first kappa shape index (κ1) is 17.3. The minimum absolute atomic E-state index is 0. The number of rotatable bonds is 3. The zero-order valence-corrected chi connectivity index (χ0v) is 12.1. The average Bonchev–Trinajstić information content (AvgIpc) is 2.36. The molecule has 0 bridgehead atoms. The van der Waals surface area contributed by atoms with Gasteiger partial charge in [-0.2, -0.15) is 0 Å². The van der Waals surface area contributed by atoms with Crippen LogP contribution in [0.1, 0.15) is 11.1 Å². The fourth-order valence-electron chi connectivity index (χ4n) is 2.02. The van der Waals surface area contributed by atoms with Gasteiger partial charge in [0, 0.05) is 6.54 Å². The highest BCUT2D eigenvalue weighted by atomic mass is 35.5. The molecular formula is C15H15ClF3NO. The molecule has 0 unspecified atom stereocenters. The number of alkyl halides is 3. The number of aryl methyl sites for hydroxylation is 1. The van der Waals surface area contributed by atoms with Crippen molar-refractivity contribution in [3.63, 3.8) is 0 Å². The summed E-state index contributed by atoms with van der Waals surface area (Å²) in [6.07, 6.45) is -4.69. The molecule has 0 radical (unpaired) electrons. The standard InChI is InChI=1S/C15H14F3NO.ClH/c1-10-5-11(9-19)7-13(6-10)12-3-2-4-14(8-12)20-15(16,17)18;/h2-8H,9,19H2,1H3;1H. The summed E-state index contributed by atoms with van der Waals surface area (Å²) in [4.78, 5) is 0. The Bertz CT molecular complexity index is 614. The zero-order valence-electron chi connectivity index (χ0n) is 11.3. The first-order valence-electron chi connectivity index (χ1n) is 6.04. The van der Waals surface area contributed by atoms with Crippen LogP contribution in [0, 0.1) is 6.92 Å². The van der Waals surface area contributed by atoms with Crippen LogP contribution in [0.4, 0.5) is 13.2 Å². The third-order valence-corrected chi connectivity index (χ3v) is 2.77. The third kappa shape index (κ3) is 4.95. The van der Waals surface area contributed by atoms with Crippen LogP contribution >= 0.6 is 12.4 Å². The van der Waals surface area contributed by atoms with Crippen molar-refractivity contribution in [2.24, 2.45) is 5.73 Å². The number of hydrogen-bond donors (Lipinski definition) is 1. The molecule has 2 N–H and O–H groups in total. The van der Waals surface area contributed by atoms with E-state index in [4.69, 9.17) is 5.73 Å². The molecule has 0 saturated carbocycles. The highest BCUT2D eigenvalue weighted by Crippen LogP contribution is 2.29. The summed E-state index contributed by atoms with van der Waals surface area (Å²) in [5, 5.41) is 0. The number of halogens is 4. The largest absolute Gasteiger partial charge is 0.573 e. The van der Waals surface area contributed by atoms with Crippen LogP contribution in [0.5, 0.6) is 5.75 Å². The van der Waals surface area contributed by atoms with E-state index in [1.165, 1.54) is 18.2 Å². The lowest BCUT2D eigenvalue weighted by molar-refractivity contribution is -0.274. The highest BCUT2D eigenvalue weighted by Gasteiger charge is 2.31. The predicted octanol–water partition coefficient (Wildman–Crippen LogP) is 4.44. The van der Waals surface area contributed by atoms with Crippen molar-refractivity contribution < 1.29 is 17.9 Å². The van der Waals surface area contributed by atoms with E-state index >= 15 is 0 Å². The van der Waals surface area contributed by atoms with Crippen LogP contribution in [0.2, 0.25) is 0 Å². The van der Waals surface area contributed by atoms with Crippen molar-refractivity contribution in [1.29, 1.82) is 0 Å². The lowest BCUT2D eigenvalue weighted by Gasteiger charge is -2.11. The predicted molar refractivity (Wildman–Crippen MR) is 78.4 cm³/mol. The summed E-state index contributed by atoms with van der Waals surface area (Å²) in [6.45, 7) is 2.30. The van der Waals surface area contributed by atoms with Crippen molar-refractivity contribution in [3.8, 4) is 16.9 Å². The van der Waals surface area contributed by atoms with Gasteiger partial charge >= 0.3 is 6.36 Å². The van der Waals surface area contributed by atoms with E-state index in [-0.39, 0.29) is 18.2 Å². The Morgan fingerprint density at radius 2 is 1.76 bits per heavy atom. The van der Waals surface area contributed by atoms with Crippen LogP contribution in [0.15, 0.2) is 42.5 Å². The number of hydrogen-bond acceptors (Lipinski definition) is 2. The Hall–Kier alpha value is -1.72. The molecule has 0 aliphatic carbocycles. The van der Waals surface area contributed by atoms with Crippen molar-refractivity contribution in [2.45, 2.75) is 19.8 Å². The molecule has 0 aliphatic heterocycles. The van der Waals surface area contributed by atoms with Gasteiger partial charge in [0.05, 0.1) is 0 Å². The van der Waals surface area contributed by atoms with Gasteiger partial charge in [-0.05, 0) is 41.8 Å². The maximum atomic E-state index is 12.2. The first-order chi connectivity index (χ1) is 9.37. The molecular weight excluding hydrogens is 303 g/mol. The molecule has 6 heteroatoms. The van der Waals surface area contributed by atoms with Gasteiger partial charge in [-0.25, -0.2) is 0 Å². The Kier molecular flexibility index (Phi) is 5.63. The molecule has 21 heavy (non-hydrogen) atoms. The molecule has 2 nitrogen and oxygen atoms in total. The van der Waals surface area contributed by atoms with Crippen molar-refractivity contribution in [1.82, 2.24) is 0 Å². The first-order valence-corrected chi connectivity index (χ1v) is 6.04. The number of ether oxygens (including phenoxy) is 1. The molecule has 2 aromatic rings. The minimum Gasteiger partial charge on any atom is -0.406 e. The molecule has 2 rings (SSSR count). The molecule has 2 aromatic carbocycles. The van der Waals surface area contributed by atoms with E-state index in [1.54, 1.807) is 6.07 Å². The molecule has 0 atom stereocenters. The second kappa shape index (κ2) is 6.83. The van der Waals surface area contributed by atoms with Crippen LogP contribution in [0.3, 0.4) is 0 Å². The van der Waals surface area contributed by atoms with E-state index in [0.29, 0.717) is 12.1 Å². The Morgan fingerprint density at radius 3 is 2.38 bits per heavy atom. The summed E-state index contributed by atoms with van der Waals surface area (Å²) >= 11 is 0. The second-order valence-electron chi connectivity index (χ2n) is 4.49. The second-order valence-corrected chi connectivity index (χ2v) is 4.49. The van der Waals surface area contributed by atoms with E-state index in [9.17, 15) is 13.2 Å². The molecule has 0 fully saturated rings. The van der Waals surface area contributed by atoms with Crippen molar-refractivity contribution in [3.05, 3.63) is 53.6 Å². The van der Waals surface area contributed by atoms with Gasteiger partial charge in [-0.1, -0.05) is 29.8 Å². The quantitative estimate of drug-likeness (QED) is 0.908. The summed E-state index contributed by atoms with van der Waals surface area (Å²) in [5.41, 5.74) is 9.02. The van der Waals surface area contributed by atoms with Crippen LogP contribution in [-0.2, 0) is 6.54 Å². The van der Waals surface area contributed by atoms with E-state index in [2.05, 4.69) is 4.74 Å². The Morgan fingerprint density at radius 1 is 1.05 bits per heavy atom. The van der Waals surface area contributed by atoms with Gasteiger partial charge in [0.15, 0.2) is 0 Å². The minimum atomic E-state index is -4.69. The van der Waals surface area contributed by atoms with Crippen LogP contribution < -0.4 is 10.5 Å². The summed E-state index contributed by atoms with van der Waals surface area (Å²) in [7, 11) is 0. The van der Waals surface area contributed by atoms with Crippen LogP contribution in [0.25, 0.3) is 11.1 Å². The molecule has 114 valence electrons. The SMILES string of the molecule is Cc1cc(CN)cc(-c2cccc(OC(F)(F)F)c2)c1.Cl. The maximum Gasteiger partial charge on any atom is 0.573 e. The molecule has 0 aliphatic rings. The fraction of sp³-hybridized carbons (Fsp3) is 0.200. The van der Waals surface area contributed by atoms with Gasteiger partial charge in [-0.15, -0.1) is 25.6 Å². The van der Waals surface area contributed by atoms with E-state index in [0.717, 1.165) is 16.7 Å². The van der Waals surface area contributed by atoms with E-state index in [1.807, 2.05) is 25.1 Å². The molecule has 0 heterocycles. The third-order valence-electron chi connectivity index (χ3n) is 2.77. The zero-order chi connectivity index (χ0) is 14.8. The topological polar surface area (TPSA) is 35.2 Å². The lowest BCUT2D eigenvalue weighted by Crippen LogP contribution is -2.17. The number of benzene rings is 2. The maximum absolute atomic E-state index is 12.2. The van der Waals surface area contributed by atoms with Crippen molar-refractivity contribution >= 4 is 12.4 Å². The van der Waals surface area contributed by atoms with Crippen molar-refractivity contribution in [2.75, 3.05) is 0 Å². The van der Waals surface area contributed by atoms with Gasteiger partial charge in [0.1, 0.15) is 5.75 Å². The summed E-state index contributed by atoms with van der Waals surface area (Å²) in [6, 6.07) is 11.6. The Balaban J connectivity index is 0.00000220. The Labute approximate surface area is 127 Å². The highest BCUT2D eigenvalue weighted by molar-refractivity contribution is 5.85. The molecule has 0 aromatic heterocycles. The summed E-state index contributed by atoms with van der Waals surface area (Å²) in [5.74, 6) is -0.231. The van der Waals surface area contributed by atoms with Gasteiger partial charge < -0.3 is 10.5 Å². The normalized spacial score (nSPS) is 10.9. The lowest BCUT2D eigenvalue weighted by atomic mass is 10.00. The summed E-state index contributed by atoms with van der Waals surface area (Å²) < 4.78 is 40.6. The molecule has 0 spiro atoms. The monoisotopic (exact) mass is 317 g/mol. The molecule has 0 saturated heterocycles.